The third-order valence-electron chi connectivity index (χ3n) is 2.89. The van der Waals surface area contributed by atoms with E-state index in [9.17, 15) is 9.59 Å². The van der Waals surface area contributed by atoms with Crippen LogP contribution in [0.3, 0.4) is 0 Å². The van der Waals surface area contributed by atoms with Gasteiger partial charge in [-0.05, 0) is 18.6 Å². The van der Waals surface area contributed by atoms with E-state index in [1.807, 2.05) is 32.0 Å². The number of rotatable bonds is 6. The van der Waals surface area contributed by atoms with E-state index in [0.717, 1.165) is 17.8 Å². The van der Waals surface area contributed by atoms with Gasteiger partial charge >= 0.3 is 0 Å². The van der Waals surface area contributed by atoms with Crippen molar-refractivity contribution >= 4 is 11.8 Å². The number of nitrogens with one attached hydrogen (secondary N) is 2. The Kier molecular flexibility index (Phi) is 5.99. The first-order valence-corrected chi connectivity index (χ1v) is 6.50. The Hall–Kier alpha value is -1.91. The molecule has 0 bridgehead atoms. The van der Waals surface area contributed by atoms with Gasteiger partial charge in [0.2, 0.25) is 11.8 Å². The quantitative estimate of drug-likeness (QED) is 0.814. The number of amides is 2. The average Bonchev–Trinajstić information content (AvgIpc) is 2.42. The first-order valence-electron chi connectivity index (χ1n) is 6.50. The van der Waals surface area contributed by atoms with E-state index in [-0.39, 0.29) is 17.7 Å². The van der Waals surface area contributed by atoms with Gasteiger partial charge in [-0.15, -0.1) is 0 Å². The van der Waals surface area contributed by atoms with Crippen LogP contribution in [0.2, 0.25) is 0 Å². The highest BCUT2D eigenvalue weighted by molar-refractivity contribution is 5.78. The number of pyridine rings is 1. The van der Waals surface area contributed by atoms with Gasteiger partial charge in [-0.2, -0.15) is 0 Å². The van der Waals surface area contributed by atoms with Crippen LogP contribution in [0.5, 0.6) is 0 Å². The number of hydrogen-bond donors (Lipinski definition) is 2. The Balaban J connectivity index is 2.52. The highest BCUT2D eigenvalue weighted by Crippen LogP contribution is 2.02. The molecule has 1 aromatic rings. The topological polar surface area (TPSA) is 71.1 Å². The lowest BCUT2D eigenvalue weighted by atomic mass is 10.1. The van der Waals surface area contributed by atoms with Gasteiger partial charge in [-0.3, -0.25) is 14.6 Å². The van der Waals surface area contributed by atoms with Crippen LogP contribution in [0.1, 0.15) is 38.6 Å². The molecule has 5 nitrogen and oxygen atoms in total. The molecule has 5 heteroatoms. The van der Waals surface area contributed by atoms with Gasteiger partial charge in [-0.25, -0.2) is 0 Å². The van der Waals surface area contributed by atoms with Gasteiger partial charge in [0.15, 0.2) is 0 Å². The van der Waals surface area contributed by atoms with E-state index in [4.69, 9.17) is 0 Å². The SMILES string of the molecule is CCC(C)C(=O)NCc1cccc(CNC(C)=O)n1. The van der Waals surface area contributed by atoms with Crippen LogP contribution in [0, 0.1) is 5.92 Å². The maximum atomic E-state index is 11.7. The summed E-state index contributed by atoms with van der Waals surface area (Å²) < 4.78 is 0. The maximum absolute atomic E-state index is 11.7. The van der Waals surface area contributed by atoms with E-state index < -0.39 is 0 Å². The van der Waals surface area contributed by atoms with Gasteiger partial charge in [0.1, 0.15) is 0 Å². The third kappa shape index (κ3) is 5.50. The molecule has 0 fully saturated rings. The minimum atomic E-state index is -0.0859. The minimum absolute atomic E-state index is 0.0163. The molecule has 2 N–H and O–H groups in total. The summed E-state index contributed by atoms with van der Waals surface area (Å²) in [6.45, 7) is 6.17. The first-order chi connectivity index (χ1) is 9.02. The molecule has 1 aromatic heterocycles. The van der Waals surface area contributed by atoms with Gasteiger partial charge in [-0.1, -0.05) is 19.9 Å². The van der Waals surface area contributed by atoms with Crippen LogP contribution in [-0.4, -0.2) is 16.8 Å². The zero-order chi connectivity index (χ0) is 14.3. The van der Waals surface area contributed by atoms with Crippen molar-refractivity contribution in [2.75, 3.05) is 0 Å². The number of carbonyl (C=O) groups is 2. The summed E-state index contributed by atoms with van der Waals surface area (Å²) >= 11 is 0. The van der Waals surface area contributed by atoms with Crippen LogP contribution in [-0.2, 0) is 22.7 Å². The Morgan fingerprint density at radius 3 is 2.32 bits per heavy atom. The minimum Gasteiger partial charge on any atom is -0.351 e. The van der Waals surface area contributed by atoms with E-state index >= 15 is 0 Å². The van der Waals surface area contributed by atoms with Crippen molar-refractivity contribution < 1.29 is 9.59 Å². The summed E-state index contributed by atoms with van der Waals surface area (Å²) in [7, 11) is 0. The molecule has 1 heterocycles. The average molecular weight is 263 g/mol. The molecule has 0 saturated carbocycles. The third-order valence-corrected chi connectivity index (χ3v) is 2.89. The summed E-state index contributed by atoms with van der Waals surface area (Å²) in [4.78, 5) is 26.9. The molecule has 2 amide bonds. The van der Waals surface area contributed by atoms with Crippen LogP contribution in [0.15, 0.2) is 18.2 Å². The van der Waals surface area contributed by atoms with Gasteiger partial charge in [0, 0.05) is 12.8 Å². The van der Waals surface area contributed by atoms with Crippen LogP contribution >= 0.6 is 0 Å². The molecule has 19 heavy (non-hydrogen) atoms. The summed E-state index contributed by atoms with van der Waals surface area (Å²) in [5.74, 6) is -0.0311. The molecule has 0 aromatic carbocycles. The fraction of sp³-hybridized carbons (Fsp3) is 0.500. The molecule has 0 saturated heterocycles. The molecule has 1 rings (SSSR count). The smallest absolute Gasteiger partial charge is 0.223 e. The summed E-state index contributed by atoms with van der Waals surface area (Å²) in [6.07, 6.45) is 0.821. The molecular formula is C14H21N3O2. The summed E-state index contributed by atoms with van der Waals surface area (Å²) in [6, 6.07) is 5.57. The molecule has 0 aliphatic rings. The van der Waals surface area contributed by atoms with Crippen LogP contribution in [0.25, 0.3) is 0 Å². The van der Waals surface area contributed by atoms with Crippen molar-refractivity contribution in [3.05, 3.63) is 29.6 Å². The summed E-state index contributed by atoms with van der Waals surface area (Å²) in [5, 5.41) is 5.55. The van der Waals surface area contributed by atoms with E-state index in [1.165, 1.54) is 6.92 Å². The maximum Gasteiger partial charge on any atom is 0.223 e. The number of hydrogen-bond acceptors (Lipinski definition) is 3. The van der Waals surface area contributed by atoms with E-state index in [0.29, 0.717) is 13.1 Å². The zero-order valence-corrected chi connectivity index (χ0v) is 11.7. The lowest BCUT2D eigenvalue weighted by Gasteiger charge is -2.10. The molecule has 0 aliphatic carbocycles. The van der Waals surface area contributed by atoms with Crippen molar-refractivity contribution in [2.24, 2.45) is 5.92 Å². The van der Waals surface area contributed by atoms with E-state index in [1.54, 1.807) is 0 Å². The normalized spacial score (nSPS) is 11.7. The second-order valence-corrected chi connectivity index (χ2v) is 4.56. The fourth-order valence-corrected chi connectivity index (χ4v) is 1.48. The van der Waals surface area contributed by atoms with Crippen LogP contribution in [0.4, 0.5) is 0 Å². The molecule has 1 unspecified atom stereocenters. The fourth-order valence-electron chi connectivity index (χ4n) is 1.48. The number of nitrogens with zero attached hydrogens (tertiary/aromatic N) is 1. The predicted molar refractivity (Wildman–Crippen MR) is 73.1 cm³/mol. The molecular weight excluding hydrogens is 242 g/mol. The lowest BCUT2D eigenvalue weighted by molar-refractivity contribution is -0.124. The monoisotopic (exact) mass is 263 g/mol. The van der Waals surface area contributed by atoms with Crippen molar-refractivity contribution in [3.63, 3.8) is 0 Å². The number of carbonyl (C=O) groups excluding carboxylic acids is 2. The molecule has 0 spiro atoms. The standard InChI is InChI=1S/C14H21N3O2/c1-4-10(2)14(19)16-9-13-7-5-6-12(17-13)8-15-11(3)18/h5-7,10H,4,8-9H2,1-3H3,(H,15,18)(H,16,19). The van der Waals surface area contributed by atoms with Crippen molar-refractivity contribution in [1.29, 1.82) is 0 Å². The second-order valence-electron chi connectivity index (χ2n) is 4.56. The van der Waals surface area contributed by atoms with Crippen LogP contribution < -0.4 is 10.6 Å². The Morgan fingerprint density at radius 1 is 1.21 bits per heavy atom. The first kappa shape index (κ1) is 15.1. The molecule has 0 radical (unpaired) electrons. The molecule has 1 atom stereocenters. The second kappa shape index (κ2) is 7.51. The van der Waals surface area contributed by atoms with Crippen molar-refractivity contribution in [3.8, 4) is 0 Å². The Bertz CT molecular complexity index is 446. The van der Waals surface area contributed by atoms with Gasteiger partial charge in [0.25, 0.3) is 0 Å². The highest BCUT2D eigenvalue weighted by atomic mass is 16.2. The Morgan fingerprint density at radius 2 is 1.79 bits per heavy atom. The number of aromatic nitrogens is 1. The van der Waals surface area contributed by atoms with Gasteiger partial charge < -0.3 is 10.6 Å². The van der Waals surface area contributed by atoms with E-state index in [2.05, 4.69) is 15.6 Å². The van der Waals surface area contributed by atoms with Crippen molar-refractivity contribution in [1.82, 2.24) is 15.6 Å². The largest absolute Gasteiger partial charge is 0.351 e. The molecule has 104 valence electrons. The summed E-state index contributed by atoms with van der Waals surface area (Å²) in [5.41, 5.74) is 1.57. The zero-order valence-electron chi connectivity index (χ0n) is 11.7. The van der Waals surface area contributed by atoms with Gasteiger partial charge in [0.05, 0.1) is 24.5 Å². The molecule has 0 aliphatic heterocycles. The predicted octanol–water partition coefficient (Wildman–Crippen LogP) is 1.38. The lowest BCUT2D eigenvalue weighted by Crippen LogP contribution is -2.28. The highest BCUT2D eigenvalue weighted by Gasteiger charge is 2.09. The Labute approximate surface area is 113 Å². The van der Waals surface area contributed by atoms with Crippen molar-refractivity contribution in [2.45, 2.75) is 40.3 Å².